The summed E-state index contributed by atoms with van der Waals surface area (Å²) in [5.74, 6) is 2.59. The molecular formula is C14H18N2O3. The zero-order chi connectivity index (χ0) is 13.0. The number of nitrogens with zero attached hydrogens (tertiary/aromatic N) is 2. The molecule has 1 aromatic heterocycles. The largest absolute Gasteiger partial charge is 0.481 e. The van der Waals surface area contributed by atoms with E-state index in [4.69, 9.17) is 9.63 Å². The molecule has 0 atom stereocenters. The first kappa shape index (κ1) is 11.4. The minimum absolute atomic E-state index is 0.0680. The van der Waals surface area contributed by atoms with Crippen LogP contribution in [0, 0.1) is 17.8 Å². The molecule has 0 aliphatic heterocycles. The smallest absolute Gasteiger partial charge is 0.311 e. The van der Waals surface area contributed by atoms with E-state index in [1.165, 1.54) is 19.3 Å². The number of carboxylic acid groups (broad SMARTS) is 1. The van der Waals surface area contributed by atoms with Crippen LogP contribution >= 0.6 is 0 Å². The molecule has 1 aromatic rings. The number of hydrogen-bond acceptors (Lipinski definition) is 4. The molecule has 4 aliphatic rings. The summed E-state index contributed by atoms with van der Waals surface area (Å²) in [4.78, 5) is 15.1. The van der Waals surface area contributed by atoms with Gasteiger partial charge in [0, 0.05) is 0 Å². The van der Waals surface area contributed by atoms with Gasteiger partial charge in [-0.15, -0.1) is 0 Å². The fourth-order valence-corrected chi connectivity index (χ4v) is 5.05. The second-order valence-electron chi connectivity index (χ2n) is 6.78. The standard InChI is InChI=1S/C14H18N2O3/c17-12(18)4-11-15-13(19-16-11)14-5-8-1-9(6-14)3-10(2-8)7-14/h8-10H,1-7H2,(H,17,18). The van der Waals surface area contributed by atoms with Crippen molar-refractivity contribution in [1.29, 1.82) is 0 Å². The summed E-state index contributed by atoms with van der Waals surface area (Å²) in [6, 6.07) is 0. The molecule has 19 heavy (non-hydrogen) atoms. The molecule has 0 spiro atoms. The second kappa shape index (κ2) is 3.81. The average molecular weight is 262 g/mol. The lowest BCUT2D eigenvalue weighted by Crippen LogP contribution is -2.48. The van der Waals surface area contributed by atoms with Gasteiger partial charge in [0.15, 0.2) is 5.82 Å². The summed E-state index contributed by atoms with van der Waals surface area (Å²) in [6.07, 6.45) is 7.45. The normalized spacial score (nSPS) is 39.7. The van der Waals surface area contributed by atoms with E-state index < -0.39 is 5.97 Å². The molecule has 0 saturated heterocycles. The molecule has 0 aromatic carbocycles. The maximum absolute atomic E-state index is 10.7. The van der Waals surface area contributed by atoms with Crippen LogP contribution in [0.5, 0.6) is 0 Å². The van der Waals surface area contributed by atoms with Crippen molar-refractivity contribution in [2.75, 3.05) is 0 Å². The van der Waals surface area contributed by atoms with Crippen LogP contribution in [-0.4, -0.2) is 21.2 Å². The fraction of sp³-hybridized carbons (Fsp3) is 0.786. The monoisotopic (exact) mass is 262 g/mol. The van der Waals surface area contributed by atoms with Crippen molar-refractivity contribution in [3.8, 4) is 0 Å². The SMILES string of the molecule is O=C(O)Cc1noc(C23CC4CC(CC(C4)C2)C3)n1. The van der Waals surface area contributed by atoms with Crippen molar-refractivity contribution >= 4 is 5.97 Å². The molecule has 5 nitrogen and oxygen atoms in total. The first-order chi connectivity index (χ1) is 9.13. The van der Waals surface area contributed by atoms with Crippen molar-refractivity contribution in [3.63, 3.8) is 0 Å². The summed E-state index contributed by atoms with van der Waals surface area (Å²) in [7, 11) is 0. The minimum atomic E-state index is -0.905. The summed E-state index contributed by atoms with van der Waals surface area (Å²) >= 11 is 0. The van der Waals surface area contributed by atoms with Crippen molar-refractivity contribution in [2.24, 2.45) is 17.8 Å². The van der Waals surface area contributed by atoms with Gasteiger partial charge in [-0.2, -0.15) is 4.98 Å². The fourth-order valence-electron chi connectivity index (χ4n) is 5.05. The highest BCUT2D eigenvalue weighted by Crippen LogP contribution is 2.60. The predicted octanol–water partition coefficient (Wildman–Crippen LogP) is 2.16. The van der Waals surface area contributed by atoms with Gasteiger partial charge < -0.3 is 9.63 Å². The highest BCUT2D eigenvalue weighted by Gasteiger charge is 2.54. The van der Waals surface area contributed by atoms with Crippen molar-refractivity contribution in [2.45, 2.75) is 50.4 Å². The maximum atomic E-state index is 10.7. The predicted molar refractivity (Wildman–Crippen MR) is 65.5 cm³/mol. The molecule has 0 amide bonds. The zero-order valence-electron chi connectivity index (χ0n) is 10.8. The maximum Gasteiger partial charge on any atom is 0.311 e. The minimum Gasteiger partial charge on any atom is -0.481 e. The Balaban J connectivity index is 1.64. The van der Waals surface area contributed by atoms with Crippen molar-refractivity contribution < 1.29 is 14.4 Å². The van der Waals surface area contributed by atoms with Crippen LogP contribution in [0.4, 0.5) is 0 Å². The van der Waals surface area contributed by atoms with E-state index in [0.717, 1.165) is 37.0 Å². The van der Waals surface area contributed by atoms with Crippen LogP contribution in [0.25, 0.3) is 0 Å². The van der Waals surface area contributed by atoms with Crippen LogP contribution in [0.15, 0.2) is 4.52 Å². The Morgan fingerprint density at radius 3 is 2.32 bits per heavy atom. The Bertz CT molecular complexity index is 487. The number of hydrogen-bond donors (Lipinski definition) is 1. The van der Waals surface area contributed by atoms with E-state index in [-0.39, 0.29) is 11.8 Å². The van der Waals surface area contributed by atoms with E-state index in [0.29, 0.717) is 11.7 Å². The van der Waals surface area contributed by atoms with Gasteiger partial charge in [0.25, 0.3) is 0 Å². The molecule has 4 aliphatic carbocycles. The Morgan fingerprint density at radius 1 is 1.21 bits per heavy atom. The Hall–Kier alpha value is -1.39. The molecule has 4 saturated carbocycles. The third-order valence-corrected chi connectivity index (χ3v) is 5.27. The molecule has 0 unspecified atom stereocenters. The van der Waals surface area contributed by atoms with Crippen LogP contribution < -0.4 is 0 Å². The lowest BCUT2D eigenvalue weighted by molar-refractivity contribution is -0.136. The van der Waals surface area contributed by atoms with Crippen LogP contribution in [-0.2, 0) is 16.6 Å². The molecule has 0 radical (unpaired) electrons. The third-order valence-electron chi connectivity index (χ3n) is 5.27. The van der Waals surface area contributed by atoms with E-state index in [9.17, 15) is 4.79 Å². The lowest BCUT2D eigenvalue weighted by Gasteiger charge is -2.55. The third kappa shape index (κ3) is 1.78. The number of rotatable bonds is 3. The zero-order valence-corrected chi connectivity index (χ0v) is 10.8. The van der Waals surface area contributed by atoms with Gasteiger partial charge in [-0.1, -0.05) is 5.16 Å². The molecular weight excluding hydrogens is 244 g/mol. The number of carboxylic acids is 1. The summed E-state index contributed by atoms with van der Waals surface area (Å²) in [5, 5.41) is 12.6. The van der Waals surface area contributed by atoms with Crippen LogP contribution in [0.1, 0.15) is 50.2 Å². The van der Waals surface area contributed by atoms with Gasteiger partial charge in [0.1, 0.15) is 6.42 Å². The van der Waals surface area contributed by atoms with Gasteiger partial charge in [-0.05, 0) is 56.3 Å². The van der Waals surface area contributed by atoms with E-state index in [1.54, 1.807) is 0 Å². The van der Waals surface area contributed by atoms with E-state index >= 15 is 0 Å². The summed E-state index contributed by atoms with van der Waals surface area (Å²) in [5.41, 5.74) is 0.0680. The Kier molecular flexibility index (Phi) is 2.29. The number of aromatic nitrogens is 2. The molecule has 4 fully saturated rings. The summed E-state index contributed by atoms with van der Waals surface area (Å²) in [6.45, 7) is 0. The van der Waals surface area contributed by atoms with Gasteiger partial charge >= 0.3 is 5.97 Å². The lowest BCUT2D eigenvalue weighted by atomic mass is 9.49. The van der Waals surface area contributed by atoms with E-state index in [1.807, 2.05) is 0 Å². The Morgan fingerprint density at radius 2 is 1.79 bits per heavy atom. The highest BCUT2D eigenvalue weighted by atomic mass is 16.5. The highest BCUT2D eigenvalue weighted by molar-refractivity contribution is 5.68. The van der Waals surface area contributed by atoms with Gasteiger partial charge in [-0.3, -0.25) is 4.79 Å². The molecule has 1 N–H and O–H groups in total. The van der Waals surface area contributed by atoms with Gasteiger partial charge in [0.2, 0.25) is 5.89 Å². The van der Waals surface area contributed by atoms with Crippen molar-refractivity contribution in [1.82, 2.24) is 10.1 Å². The molecule has 5 rings (SSSR count). The number of carbonyl (C=O) groups is 1. The van der Waals surface area contributed by atoms with Crippen molar-refractivity contribution in [3.05, 3.63) is 11.7 Å². The van der Waals surface area contributed by atoms with Crippen LogP contribution in [0.2, 0.25) is 0 Å². The van der Waals surface area contributed by atoms with E-state index in [2.05, 4.69) is 10.1 Å². The van der Waals surface area contributed by atoms with Gasteiger partial charge in [-0.25, -0.2) is 0 Å². The topological polar surface area (TPSA) is 76.2 Å². The Labute approximate surface area is 111 Å². The second-order valence-corrected chi connectivity index (χ2v) is 6.78. The molecule has 1 heterocycles. The number of aliphatic carboxylic acids is 1. The molecule has 102 valence electrons. The molecule has 5 heteroatoms. The summed E-state index contributed by atoms with van der Waals surface area (Å²) < 4.78 is 5.43. The average Bonchev–Trinajstić information content (AvgIpc) is 2.75. The first-order valence-corrected chi connectivity index (χ1v) is 7.18. The van der Waals surface area contributed by atoms with Gasteiger partial charge in [0.05, 0.1) is 5.41 Å². The first-order valence-electron chi connectivity index (χ1n) is 7.18. The quantitative estimate of drug-likeness (QED) is 0.903. The van der Waals surface area contributed by atoms with Crippen LogP contribution in [0.3, 0.4) is 0 Å². The molecule has 4 bridgehead atoms.